The molecule has 2 aromatic rings. The van der Waals surface area contributed by atoms with Crippen LogP contribution in [-0.2, 0) is 6.54 Å². The Balaban J connectivity index is 1.95. The maximum atomic E-state index is 11.9. The second-order valence-corrected chi connectivity index (χ2v) is 4.74. The maximum absolute atomic E-state index is 11.9. The largest absolute Gasteiger partial charge is 0.384 e. The molecular weight excluding hydrogens is 258 g/mol. The van der Waals surface area contributed by atoms with E-state index in [4.69, 9.17) is 5.11 Å². The molecule has 0 aliphatic heterocycles. The van der Waals surface area contributed by atoms with E-state index >= 15 is 0 Å². The van der Waals surface area contributed by atoms with Crippen molar-refractivity contribution in [3.63, 3.8) is 0 Å². The predicted molar refractivity (Wildman–Crippen MR) is 75.9 cm³/mol. The summed E-state index contributed by atoms with van der Waals surface area (Å²) in [7, 11) is 0. The lowest BCUT2D eigenvalue weighted by Crippen LogP contribution is -2.22. The molecule has 1 aromatic carbocycles. The van der Waals surface area contributed by atoms with E-state index in [1.165, 1.54) is 11.3 Å². The molecule has 1 amide bonds. The van der Waals surface area contributed by atoms with Gasteiger partial charge in [-0.2, -0.15) is 0 Å². The molecule has 1 heterocycles. The molecular formula is C15H13NO2S. The van der Waals surface area contributed by atoms with Crippen LogP contribution < -0.4 is 5.32 Å². The van der Waals surface area contributed by atoms with E-state index in [1.54, 1.807) is 11.4 Å². The fourth-order valence-electron chi connectivity index (χ4n) is 1.53. The monoisotopic (exact) mass is 271 g/mol. The van der Waals surface area contributed by atoms with Crippen LogP contribution in [0.25, 0.3) is 0 Å². The van der Waals surface area contributed by atoms with Crippen LogP contribution in [0, 0.1) is 11.8 Å². The topological polar surface area (TPSA) is 49.3 Å². The highest BCUT2D eigenvalue weighted by Gasteiger charge is 2.07. The lowest BCUT2D eigenvalue weighted by molar-refractivity contribution is 0.0951. The number of carbonyl (C=O) groups excluding carboxylic acids is 1. The zero-order valence-corrected chi connectivity index (χ0v) is 11.0. The van der Waals surface area contributed by atoms with E-state index in [1.807, 2.05) is 30.3 Å². The third kappa shape index (κ3) is 3.95. The molecule has 0 fully saturated rings. The molecule has 3 nitrogen and oxygen atoms in total. The smallest absolute Gasteiger partial charge is 0.252 e. The fraction of sp³-hybridized carbons (Fsp3) is 0.133. The molecule has 0 aliphatic carbocycles. The molecule has 19 heavy (non-hydrogen) atoms. The van der Waals surface area contributed by atoms with Crippen LogP contribution in [0.4, 0.5) is 0 Å². The normalized spacial score (nSPS) is 9.53. The fourth-order valence-corrected chi connectivity index (χ4v) is 2.28. The van der Waals surface area contributed by atoms with Gasteiger partial charge in [-0.05, 0) is 11.6 Å². The number of nitrogens with one attached hydrogen (secondary N) is 1. The lowest BCUT2D eigenvalue weighted by atomic mass is 10.2. The first-order valence-electron chi connectivity index (χ1n) is 5.80. The number of rotatable bonds is 3. The van der Waals surface area contributed by atoms with Gasteiger partial charge in [-0.1, -0.05) is 42.2 Å². The summed E-state index contributed by atoms with van der Waals surface area (Å²) in [6.07, 6.45) is 0. The van der Waals surface area contributed by atoms with E-state index in [0.29, 0.717) is 12.1 Å². The molecule has 4 heteroatoms. The molecule has 96 valence electrons. The summed E-state index contributed by atoms with van der Waals surface area (Å²) in [5, 5.41) is 13.2. The molecule has 0 bridgehead atoms. The molecule has 0 saturated heterocycles. The Morgan fingerprint density at radius 2 is 2.11 bits per heavy atom. The Bertz CT molecular complexity index is 608. The molecule has 0 spiro atoms. The highest BCUT2D eigenvalue weighted by atomic mass is 32.1. The summed E-state index contributed by atoms with van der Waals surface area (Å²) in [6, 6.07) is 11.5. The molecule has 0 radical (unpaired) electrons. The minimum Gasteiger partial charge on any atom is -0.384 e. The molecule has 2 rings (SSSR count). The Hall–Kier alpha value is -2.09. The van der Waals surface area contributed by atoms with Crippen molar-refractivity contribution >= 4 is 17.2 Å². The van der Waals surface area contributed by atoms with Crippen molar-refractivity contribution in [1.82, 2.24) is 5.32 Å². The van der Waals surface area contributed by atoms with Crippen LogP contribution in [0.2, 0.25) is 0 Å². The van der Waals surface area contributed by atoms with Gasteiger partial charge in [0.25, 0.3) is 5.91 Å². The average Bonchev–Trinajstić information content (AvgIpc) is 2.92. The van der Waals surface area contributed by atoms with Gasteiger partial charge in [0.2, 0.25) is 0 Å². The Morgan fingerprint density at radius 1 is 1.32 bits per heavy atom. The van der Waals surface area contributed by atoms with Gasteiger partial charge in [0.1, 0.15) is 6.61 Å². The highest BCUT2D eigenvalue weighted by molar-refractivity contribution is 7.10. The van der Waals surface area contributed by atoms with Gasteiger partial charge in [0.15, 0.2) is 0 Å². The number of hydrogen-bond donors (Lipinski definition) is 2. The summed E-state index contributed by atoms with van der Waals surface area (Å²) in [5.41, 5.74) is 1.66. The minimum absolute atomic E-state index is 0.114. The van der Waals surface area contributed by atoms with Gasteiger partial charge in [-0.3, -0.25) is 4.79 Å². The quantitative estimate of drug-likeness (QED) is 0.839. The standard InChI is InChI=1S/C15H13NO2S/c17-8-4-7-14-9-13(11-19-14)15(18)16-10-12-5-2-1-3-6-12/h1-3,5-6,9,11,17H,8,10H2,(H,16,18). The second kappa shape index (κ2) is 6.74. The van der Waals surface area contributed by atoms with E-state index in [9.17, 15) is 4.79 Å². The number of aliphatic hydroxyl groups excluding tert-OH is 1. The van der Waals surface area contributed by atoms with Gasteiger partial charge in [0.05, 0.1) is 10.4 Å². The predicted octanol–water partition coefficient (Wildman–Crippen LogP) is 2.02. The highest BCUT2D eigenvalue weighted by Crippen LogP contribution is 2.13. The van der Waals surface area contributed by atoms with Crippen molar-refractivity contribution in [2.75, 3.05) is 6.61 Å². The van der Waals surface area contributed by atoms with Crippen LogP contribution in [0.3, 0.4) is 0 Å². The van der Waals surface area contributed by atoms with Crippen LogP contribution in [0.15, 0.2) is 41.8 Å². The zero-order chi connectivity index (χ0) is 13.5. The number of aliphatic hydroxyl groups is 1. The van der Waals surface area contributed by atoms with Crippen LogP contribution >= 0.6 is 11.3 Å². The molecule has 1 aromatic heterocycles. The SMILES string of the molecule is O=C(NCc1ccccc1)c1csc(C#CCO)c1. The first-order chi connectivity index (χ1) is 9.29. The minimum atomic E-state index is -0.173. The maximum Gasteiger partial charge on any atom is 0.252 e. The molecule has 0 aliphatic rings. The van der Waals surface area contributed by atoms with Crippen molar-refractivity contribution < 1.29 is 9.90 Å². The summed E-state index contributed by atoms with van der Waals surface area (Å²) in [4.78, 5) is 12.7. The number of amides is 1. The van der Waals surface area contributed by atoms with Crippen molar-refractivity contribution in [3.05, 3.63) is 57.8 Å². The second-order valence-electron chi connectivity index (χ2n) is 3.83. The molecule has 0 saturated carbocycles. The number of benzene rings is 1. The Morgan fingerprint density at radius 3 is 2.84 bits per heavy atom. The number of thiophene rings is 1. The van der Waals surface area contributed by atoms with Crippen molar-refractivity contribution in [2.45, 2.75) is 6.54 Å². The van der Waals surface area contributed by atoms with Gasteiger partial charge < -0.3 is 10.4 Å². The number of carbonyl (C=O) groups is 1. The van der Waals surface area contributed by atoms with E-state index in [-0.39, 0.29) is 12.5 Å². The van der Waals surface area contributed by atoms with E-state index in [0.717, 1.165) is 10.4 Å². The molecule has 2 N–H and O–H groups in total. The van der Waals surface area contributed by atoms with Crippen molar-refractivity contribution in [3.8, 4) is 11.8 Å². The molecule has 0 unspecified atom stereocenters. The van der Waals surface area contributed by atoms with Gasteiger partial charge >= 0.3 is 0 Å². The Labute approximate surface area is 115 Å². The van der Waals surface area contributed by atoms with Gasteiger partial charge in [-0.25, -0.2) is 0 Å². The van der Waals surface area contributed by atoms with Gasteiger partial charge in [-0.15, -0.1) is 11.3 Å². The lowest BCUT2D eigenvalue weighted by Gasteiger charge is -2.03. The van der Waals surface area contributed by atoms with Crippen LogP contribution in [-0.4, -0.2) is 17.6 Å². The third-order valence-corrected chi connectivity index (χ3v) is 3.29. The molecule has 0 atom stereocenters. The first kappa shape index (κ1) is 13.3. The Kier molecular flexibility index (Phi) is 4.73. The van der Waals surface area contributed by atoms with Crippen LogP contribution in [0.1, 0.15) is 20.8 Å². The van der Waals surface area contributed by atoms with Crippen molar-refractivity contribution in [2.24, 2.45) is 0 Å². The number of hydrogen-bond acceptors (Lipinski definition) is 3. The summed E-state index contributed by atoms with van der Waals surface area (Å²) >= 11 is 1.39. The van der Waals surface area contributed by atoms with E-state index < -0.39 is 0 Å². The summed E-state index contributed by atoms with van der Waals surface area (Å²) in [6.45, 7) is 0.334. The third-order valence-electron chi connectivity index (χ3n) is 2.45. The zero-order valence-electron chi connectivity index (χ0n) is 10.2. The van der Waals surface area contributed by atoms with Gasteiger partial charge in [0, 0.05) is 11.9 Å². The van der Waals surface area contributed by atoms with Crippen LogP contribution in [0.5, 0.6) is 0 Å². The summed E-state index contributed by atoms with van der Waals surface area (Å²) in [5.74, 6) is 5.23. The summed E-state index contributed by atoms with van der Waals surface area (Å²) < 4.78 is 0. The van der Waals surface area contributed by atoms with E-state index in [2.05, 4.69) is 17.2 Å². The average molecular weight is 271 g/mol. The first-order valence-corrected chi connectivity index (χ1v) is 6.68. The van der Waals surface area contributed by atoms with Crippen molar-refractivity contribution in [1.29, 1.82) is 0 Å².